The van der Waals surface area contributed by atoms with Crippen LogP contribution in [0.15, 0.2) is 0 Å². The Morgan fingerprint density at radius 1 is 0.667 bits per heavy atom. The zero-order valence-corrected chi connectivity index (χ0v) is 18.0. The Hall–Kier alpha value is -1.06. The number of unbranched alkanes of at least 4 members (excludes halogenated alkanes) is 15. The topological polar surface area (TPSA) is 56.8 Å². The predicted molar refractivity (Wildman–Crippen MR) is 114 cm³/mol. The monoisotopic (exact) mass is 376 g/mol. The number of nitrogens with zero attached hydrogens (tertiary/aromatic N) is 2. The zero-order chi connectivity index (χ0) is 19.8. The fourth-order valence-electron chi connectivity index (χ4n) is 3.40. The molecule has 0 fully saturated rings. The van der Waals surface area contributed by atoms with E-state index >= 15 is 0 Å². The van der Waals surface area contributed by atoms with Crippen LogP contribution >= 0.6 is 0 Å². The van der Waals surface area contributed by atoms with Crippen molar-refractivity contribution in [3.63, 3.8) is 0 Å². The van der Waals surface area contributed by atoms with Crippen LogP contribution in [-0.2, 0) is 4.74 Å². The third kappa shape index (κ3) is 21.1. The van der Waals surface area contributed by atoms with Crippen molar-refractivity contribution in [1.82, 2.24) is 0 Å². The first-order chi connectivity index (χ1) is 13.3. The molecule has 0 aliphatic rings. The minimum atomic E-state index is -0.120. The second-order valence-corrected chi connectivity index (χ2v) is 7.90. The van der Waals surface area contributed by atoms with Gasteiger partial charge in [-0.3, -0.25) is 0 Å². The van der Waals surface area contributed by atoms with Crippen LogP contribution in [0.4, 0.5) is 0 Å². The van der Waals surface area contributed by atoms with Gasteiger partial charge in [0.1, 0.15) is 0 Å². The maximum Gasteiger partial charge on any atom is 0.0707 e. The standard InChI is InChI=1S/C24H44N2O/c1-2-3-4-5-6-7-8-9-10-11-12-13-14-15-16-17-21-27-23-24(22-26)19-18-20-25/h24H,2-19,21,23H2,1H3. The van der Waals surface area contributed by atoms with Crippen LogP contribution in [0.5, 0.6) is 0 Å². The predicted octanol–water partition coefficient (Wildman–Crippen LogP) is 7.71. The van der Waals surface area contributed by atoms with Crippen molar-refractivity contribution in [2.45, 2.75) is 122 Å². The maximum absolute atomic E-state index is 8.96. The summed E-state index contributed by atoms with van der Waals surface area (Å²) in [4.78, 5) is 0. The minimum absolute atomic E-state index is 0.120. The van der Waals surface area contributed by atoms with E-state index in [1.165, 1.54) is 96.3 Å². The van der Waals surface area contributed by atoms with E-state index in [9.17, 15) is 0 Å². The summed E-state index contributed by atoms with van der Waals surface area (Å²) in [6, 6.07) is 4.30. The Labute approximate surface area is 169 Å². The van der Waals surface area contributed by atoms with Crippen LogP contribution < -0.4 is 0 Å². The Bertz CT molecular complexity index is 370. The molecule has 0 saturated heterocycles. The van der Waals surface area contributed by atoms with Gasteiger partial charge in [0.05, 0.1) is 24.7 Å². The second kappa shape index (κ2) is 23.0. The van der Waals surface area contributed by atoms with E-state index in [4.69, 9.17) is 15.3 Å². The number of rotatable bonds is 21. The molecule has 27 heavy (non-hydrogen) atoms. The fraction of sp³-hybridized carbons (Fsp3) is 0.917. The van der Waals surface area contributed by atoms with Crippen LogP contribution in [0.2, 0.25) is 0 Å². The summed E-state index contributed by atoms with van der Waals surface area (Å²) in [5.41, 5.74) is 0. The lowest BCUT2D eigenvalue weighted by molar-refractivity contribution is 0.108. The summed E-state index contributed by atoms with van der Waals surface area (Å²) in [5, 5.41) is 17.5. The normalized spacial score (nSPS) is 11.8. The summed E-state index contributed by atoms with van der Waals surface area (Å²) in [6.45, 7) is 3.52. The molecule has 0 saturated carbocycles. The molecule has 0 aromatic heterocycles. The third-order valence-electron chi connectivity index (χ3n) is 5.25. The van der Waals surface area contributed by atoms with Gasteiger partial charge < -0.3 is 4.74 Å². The molecule has 0 aromatic rings. The van der Waals surface area contributed by atoms with Gasteiger partial charge in [-0.15, -0.1) is 0 Å². The smallest absolute Gasteiger partial charge is 0.0707 e. The van der Waals surface area contributed by atoms with Crippen molar-refractivity contribution in [3.8, 4) is 12.1 Å². The summed E-state index contributed by atoms with van der Waals surface area (Å²) in [7, 11) is 0. The quantitative estimate of drug-likeness (QED) is 0.193. The zero-order valence-electron chi connectivity index (χ0n) is 18.0. The molecule has 3 heteroatoms. The van der Waals surface area contributed by atoms with E-state index in [0.717, 1.165) is 13.0 Å². The average molecular weight is 377 g/mol. The Balaban J connectivity index is 3.13. The molecule has 0 amide bonds. The minimum Gasteiger partial charge on any atom is -0.380 e. The average Bonchev–Trinajstić information content (AvgIpc) is 2.69. The molecule has 0 rings (SSSR count). The van der Waals surface area contributed by atoms with Crippen LogP contribution in [0, 0.1) is 28.6 Å². The highest BCUT2D eigenvalue weighted by molar-refractivity contribution is 4.85. The van der Waals surface area contributed by atoms with E-state index in [1.807, 2.05) is 0 Å². The molecule has 0 heterocycles. The van der Waals surface area contributed by atoms with E-state index in [0.29, 0.717) is 19.4 Å². The first kappa shape index (κ1) is 25.9. The highest BCUT2D eigenvalue weighted by Gasteiger charge is 2.06. The molecule has 156 valence electrons. The van der Waals surface area contributed by atoms with Crippen LogP contribution in [-0.4, -0.2) is 13.2 Å². The molecule has 0 aliphatic heterocycles. The van der Waals surface area contributed by atoms with Gasteiger partial charge in [0.2, 0.25) is 0 Å². The summed E-state index contributed by atoms with van der Waals surface area (Å²) >= 11 is 0. The fourth-order valence-corrected chi connectivity index (χ4v) is 3.40. The van der Waals surface area contributed by atoms with Gasteiger partial charge in [0.25, 0.3) is 0 Å². The van der Waals surface area contributed by atoms with Crippen LogP contribution in [0.1, 0.15) is 122 Å². The van der Waals surface area contributed by atoms with Crippen molar-refractivity contribution in [2.24, 2.45) is 5.92 Å². The number of nitriles is 2. The van der Waals surface area contributed by atoms with Gasteiger partial charge in [-0.2, -0.15) is 10.5 Å². The Kier molecular flexibility index (Phi) is 22.1. The Morgan fingerprint density at radius 3 is 1.52 bits per heavy atom. The van der Waals surface area contributed by atoms with Gasteiger partial charge in [-0.1, -0.05) is 103 Å². The lowest BCUT2D eigenvalue weighted by Gasteiger charge is -2.08. The Morgan fingerprint density at radius 2 is 1.11 bits per heavy atom. The van der Waals surface area contributed by atoms with Gasteiger partial charge in [-0.05, 0) is 12.8 Å². The van der Waals surface area contributed by atoms with E-state index in [-0.39, 0.29) is 5.92 Å². The molecule has 0 bridgehead atoms. The number of ether oxygens (including phenoxy) is 1. The van der Waals surface area contributed by atoms with E-state index in [2.05, 4.69) is 19.1 Å². The van der Waals surface area contributed by atoms with E-state index < -0.39 is 0 Å². The molecule has 0 N–H and O–H groups in total. The molecule has 1 atom stereocenters. The highest BCUT2D eigenvalue weighted by Crippen LogP contribution is 2.14. The second-order valence-electron chi connectivity index (χ2n) is 7.90. The van der Waals surface area contributed by atoms with E-state index in [1.54, 1.807) is 0 Å². The maximum atomic E-state index is 8.96. The number of hydrogen-bond acceptors (Lipinski definition) is 3. The molecular weight excluding hydrogens is 332 g/mol. The van der Waals surface area contributed by atoms with Gasteiger partial charge in [-0.25, -0.2) is 0 Å². The molecule has 0 aromatic carbocycles. The van der Waals surface area contributed by atoms with Crippen molar-refractivity contribution in [2.75, 3.05) is 13.2 Å². The lowest BCUT2D eigenvalue weighted by atomic mass is 10.0. The van der Waals surface area contributed by atoms with Gasteiger partial charge >= 0.3 is 0 Å². The van der Waals surface area contributed by atoms with Crippen molar-refractivity contribution in [3.05, 3.63) is 0 Å². The molecule has 0 radical (unpaired) electrons. The SMILES string of the molecule is CCCCCCCCCCCCCCCCCCOCC(C#N)CCC#N. The summed E-state index contributed by atoms with van der Waals surface area (Å²) in [5.74, 6) is -0.120. The summed E-state index contributed by atoms with van der Waals surface area (Å²) in [6.07, 6.45) is 23.1. The van der Waals surface area contributed by atoms with Crippen LogP contribution in [0.25, 0.3) is 0 Å². The lowest BCUT2D eigenvalue weighted by Crippen LogP contribution is -2.08. The van der Waals surface area contributed by atoms with Crippen molar-refractivity contribution in [1.29, 1.82) is 10.5 Å². The first-order valence-corrected chi connectivity index (χ1v) is 11.7. The first-order valence-electron chi connectivity index (χ1n) is 11.7. The summed E-state index contributed by atoms with van der Waals surface area (Å²) < 4.78 is 5.57. The molecule has 0 spiro atoms. The van der Waals surface area contributed by atoms with Crippen molar-refractivity contribution >= 4 is 0 Å². The van der Waals surface area contributed by atoms with Gasteiger partial charge in [0.15, 0.2) is 0 Å². The molecule has 3 nitrogen and oxygen atoms in total. The third-order valence-corrected chi connectivity index (χ3v) is 5.25. The molecule has 0 aliphatic carbocycles. The van der Waals surface area contributed by atoms with Gasteiger partial charge in [0, 0.05) is 13.0 Å². The highest BCUT2D eigenvalue weighted by atomic mass is 16.5. The largest absolute Gasteiger partial charge is 0.380 e. The molecule has 1 unspecified atom stereocenters. The number of hydrogen-bond donors (Lipinski definition) is 0. The molecular formula is C24H44N2O. The van der Waals surface area contributed by atoms with Crippen molar-refractivity contribution < 1.29 is 4.74 Å². The van der Waals surface area contributed by atoms with Crippen LogP contribution in [0.3, 0.4) is 0 Å².